The number of hydrogen-bond donors (Lipinski definition) is 2. The summed E-state index contributed by atoms with van der Waals surface area (Å²) in [6.45, 7) is 1.38. The predicted molar refractivity (Wildman–Crippen MR) is 151 cm³/mol. The number of anilines is 2. The van der Waals surface area contributed by atoms with Crippen molar-refractivity contribution < 1.29 is 23.6 Å². The molecule has 208 valence electrons. The molecule has 3 aliphatic rings. The second-order valence-electron chi connectivity index (χ2n) is 11.1. The first-order valence-corrected chi connectivity index (χ1v) is 14.2. The number of amides is 3. The minimum atomic E-state index is -1.09. The Morgan fingerprint density at radius 2 is 1.65 bits per heavy atom. The topological polar surface area (TPSA) is 112 Å². The molecule has 1 aromatic heterocycles. The first kappa shape index (κ1) is 26.1. The summed E-state index contributed by atoms with van der Waals surface area (Å²) in [5.74, 6) is -0.562. The van der Waals surface area contributed by atoms with E-state index in [0.29, 0.717) is 44.4 Å². The first-order chi connectivity index (χ1) is 19.4. The molecule has 40 heavy (non-hydrogen) atoms. The molecule has 1 unspecified atom stereocenters. The van der Waals surface area contributed by atoms with E-state index in [4.69, 9.17) is 4.42 Å². The van der Waals surface area contributed by atoms with Crippen molar-refractivity contribution in [3.63, 3.8) is 0 Å². The van der Waals surface area contributed by atoms with Gasteiger partial charge >= 0.3 is 0 Å². The number of furan rings is 1. The maximum atomic E-state index is 13.7. The maximum Gasteiger partial charge on any atom is 0.287 e. The summed E-state index contributed by atoms with van der Waals surface area (Å²) < 4.78 is 5.74. The Hall–Kier alpha value is -4.14. The Bertz CT molecular complexity index is 1420. The number of piperidine rings is 1. The first-order valence-electron chi connectivity index (χ1n) is 14.2. The van der Waals surface area contributed by atoms with Gasteiger partial charge in [-0.2, -0.15) is 0 Å². The largest absolute Gasteiger partial charge is 0.451 e. The van der Waals surface area contributed by atoms with Crippen molar-refractivity contribution in [3.05, 3.63) is 60.4 Å². The molecule has 0 spiro atoms. The highest BCUT2D eigenvalue weighted by Crippen LogP contribution is 2.34. The smallest absolute Gasteiger partial charge is 0.287 e. The lowest BCUT2D eigenvalue weighted by atomic mass is 9.80. The minimum Gasteiger partial charge on any atom is -0.451 e. The fourth-order valence-corrected chi connectivity index (χ4v) is 6.28. The molecule has 2 N–H and O–H groups in total. The number of rotatable bonds is 6. The van der Waals surface area contributed by atoms with E-state index in [1.807, 2.05) is 47.4 Å². The van der Waals surface area contributed by atoms with Crippen molar-refractivity contribution in [2.75, 3.05) is 29.4 Å². The van der Waals surface area contributed by atoms with Crippen molar-refractivity contribution in [2.24, 2.45) is 0 Å². The van der Waals surface area contributed by atoms with Gasteiger partial charge in [0.05, 0.1) is 24.0 Å². The van der Waals surface area contributed by atoms with Gasteiger partial charge in [-0.25, -0.2) is 0 Å². The fraction of sp³-hybridized carbons (Fsp3) is 0.419. The van der Waals surface area contributed by atoms with Crippen LogP contribution in [0.2, 0.25) is 0 Å². The third-order valence-electron chi connectivity index (χ3n) is 8.46. The number of hydrogen-bond acceptors (Lipinski definition) is 6. The standard InChI is InChI=1S/C31H34N4O5/c36-25-20-34(23-10-3-4-11-24(23)35-17-8-13-28(35)37)18-14-22(25)32-30(39)31(15-6-1-7-16-31)33-29(38)27-19-21-9-2-5-12-26(21)40-27/h2-5,9-12,19,22H,1,6-8,13-18,20H2,(H,32,39)(H,33,38). The molecule has 9 heteroatoms. The van der Waals surface area contributed by atoms with Gasteiger partial charge in [-0.15, -0.1) is 0 Å². The predicted octanol–water partition coefficient (Wildman–Crippen LogP) is 3.96. The van der Waals surface area contributed by atoms with Gasteiger partial charge in [0.25, 0.3) is 5.91 Å². The molecule has 3 fully saturated rings. The van der Waals surface area contributed by atoms with Gasteiger partial charge in [0.15, 0.2) is 11.5 Å². The zero-order chi connectivity index (χ0) is 27.7. The lowest BCUT2D eigenvalue weighted by molar-refractivity contribution is -0.133. The van der Waals surface area contributed by atoms with Crippen LogP contribution in [0, 0.1) is 0 Å². The molecule has 3 heterocycles. The molecule has 1 atom stereocenters. The molecule has 3 amide bonds. The Labute approximate surface area is 232 Å². The van der Waals surface area contributed by atoms with Crippen LogP contribution in [0.15, 0.2) is 59.0 Å². The van der Waals surface area contributed by atoms with E-state index in [1.54, 1.807) is 17.0 Å². The average Bonchev–Trinajstić information content (AvgIpc) is 3.61. The third-order valence-corrected chi connectivity index (χ3v) is 8.46. The van der Waals surface area contributed by atoms with E-state index in [-0.39, 0.29) is 29.9 Å². The second kappa shape index (κ2) is 10.8. The van der Waals surface area contributed by atoms with Gasteiger partial charge in [-0.1, -0.05) is 49.6 Å². The Balaban J connectivity index is 1.15. The van der Waals surface area contributed by atoms with Crippen LogP contribution in [-0.4, -0.2) is 54.7 Å². The number of nitrogens with zero attached hydrogens (tertiary/aromatic N) is 2. The molecular weight excluding hydrogens is 508 g/mol. The van der Waals surface area contributed by atoms with Crippen LogP contribution >= 0.6 is 0 Å². The normalized spacial score (nSPS) is 21.1. The molecule has 2 aromatic carbocycles. The van der Waals surface area contributed by atoms with Gasteiger partial charge in [-0.05, 0) is 49.9 Å². The number of nitrogens with one attached hydrogen (secondary N) is 2. The molecule has 0 radical (unpaired) electrons. The number of benzene rings is 2. The van der Waals surface area contributed by atoms with Crippen molar-refractivity contribution in [2.45, 2.75) is 62.9 Å². The van der Waals surface area contributed by atoms with E-state index in [0.717, 1.165) is 42.4 Å². The van der Waals surface area contributed by atoms with Crippen LogP contribution in [0.3, 0.4) is 0 Å². The van der Waals surface area contributed by atoms with E-state index in [9.17, 15) is 19.2 Å². The summed E-state index contributed by atoms with van der Waals surface area (Å²) in [5.41, 5.74) is 1.21. The number of Topliss-reactive ketones (excluding diaryl/α,β-unsaturated/α-hetero) is 1. The lowest BCUT2D eigenvalue weighted by Crippen LogP contribution is -2.63. The number of ketones is 1. The number of para-hydroxylation sites is 3. The number of carbonyl (C=O) groups excluding carboxylic acids is 4. The van der Waals surface area contributed by atoms with E-state index >= 15 is 0 Å². The molecule has 1 saturated carbocycles. The van der Waals surface area contributed by atoms with Crippen LogP contribution in [-0.2, 0) is 14.4 Å². The Morgan fingerprint density at radius 3 is 2.38 bits per heavy atom. The highest BCUT2D eigenvalue weighted by atomic mass is 16.3. The molecular formula is C31H34N4O5. The Morgan fingerprint density at radius 1 is 0.900 bits per heavy atom. The summed E-state index contributed by atoms with van der Waals surface area (Å²) in [6, 6.07) is 16.1. The molecule has 1 aliphatic carbocycles. The summed E-state index contributed by atoms with van der Waals surface area (Å²) >= 11 is 0. The second-order valence-corrected chi connectivity index (χ2v) is 11.1. The molecule has 6 rings (SSSR count). The van der Waals surface area contributed by atoms with E-state index in [1.165, 1.54) is 0 Å². The molecule has 2 aliphatic heterocycles. The number of fused-ring (bicyclic) bond motifs is 1. The fourth-order valence-electron chi connectivity index (χ4n) is 6.28. The van der Waals surface area contributed by atoms with Gasteiger partial charge < -0.3 is 24.9 Å². The average molecular weight is 543 g/mol. The quantitative estimate of drug-likeness (QED) is 0.488. The van der Waals surface area contributed by atoms with Crippen LogP contribution in [0.25, 0.3) is 11.0 Å². The molecule has 9 nitrogen and oxygen atoms in total. The SMILES string of the molecule is O=C(NC1(C(=O)NC2CCN(c3ccccc3N3CCCC3=O)CC2=O)CCCCC1)c1cc2ccccc2o1. The zero-order valence-corrected chi connectivity index (χ0v) is 22.5. The van der Waals surface area contributed by atoms with Crippen molar-refractivity contribution in [3.8, 4) is 0 Å². The summed E-state index contributed by atoms with van der Waals surface area (Å²) in [4.78, 5) is 56.4. The summed E-state index contributed by atoms with van der Waals surface area (Å²) in [7, 11) is 0. The Kier molecular flexibility index (Phi) is 7.04. The van der Waals surface area contributed by atoms with Crippen LogP contribution in [0.5, 0.6) is 0 Å². The van der Waals surface area contributed by atoms with Gasteiger partial charge in [0.2, 0.25) is 11.8 Å². The molecule has 3 aromatic rings. The van der Waals surface area contributed by atoms with Crippen LogP contribution in [0.4, 0.5) is 11.4 Å². The lowest BCUT2D eigenvalue weighted by Gasteiger charge is -2.39. The van der Waals surface area contributed by atoms with E-state index in [2.05, 4.69) is 10.6 Å². The summed E-state index contributed by atoms with van der Waals surface area (Å²) in [5, 5.41) is 6.80. The molecule has 0 bridgehead atoms. The third kappa shape index (κ3) is 4.96. The van der Waals surface area contributed by atoms with Crippen molar-refractivity contribution in [1.82, 2.24) is 10.6 Å². The van der Waals surface area contributed by atoms with Gasteiger partial charge in [0, 0.05) is 24.9 Å². The highest BCUT2D eigenvalue weighted by molar-refractivity contribution is 6.02. The zero-order valence-electron chi connectivity index (χ0n) is 22.5. The highest BCUT2D eigenvalue weighted by Gasteiger charge is 2.43. The summed E-state index contributed by atoms with van der Waals surface area (Å²) in [6.07, 6.45) is 5.44. The van der Waals surface area contributed by atoms with Crippen molar-refractivity contribution >= 4 is 45.8 Å². The van der Waals surface area contributed by atoms with E-state index < -0.39 is 17.5 Å². The maximum absolute atomic E-state index is 13.7. The van der Waals surface area contributed by atoms with Gasteiger partial charge in [0.1, 0.15) is 11.1 Å². The van der Waals surface area contributed by atoms with Crippen LogP contribution in [0.1, 0.15) is 61.9 Å². The van der Waals surface area contributed by atoms with Crippen molar-refractivity contribution in [1.29, 1.82) is 0 Å². The minimum absolute atomic E-state index is 0.0864. The van der Waals surface area contributed by atoms with Gasteiger partial charge in [-0.3, -0.25) is 19.2 Å². The number of carbonyl (C=O) groups is 4. The monoisotopic (exact) mass is 542 g/mol. The molecule has 2 saturated heterocycles. The van der Waals surface area contributed by atoms with Crippen LogP contribution < -0.4 is 20.4 Å².